The molecule has 1 aromatic carbocycles. The fraction of sp³-hybridized carbons (Fsp3) is 0.0833. The summed E-state index contributed by atoms with van der Waals surface area (Å²) in [5.41, 5.74) is 2.04. The van der Waals surface area contributed by atoms with Crippen molar-refractivity contribution in [3.63, 3.8) is 0 Å². The van der Waals surface area contributed by atoms with E-state index in [2.05, 4.69) is 31.9 Å². The van der Waals surface area contributed by atoms with E-state index >= 15 is 0 Å². The third kappa shape index (κ3) is 2.46. The summed E-state index contributed by atoms with van der Waals surface area (Å²) in [6.45, 7) is 1.93. The topological polar surface area (TPSA) is 37.3 Å². The van der Waals surface area contributed by atoms with E-state index in [0.717, 1.165) is 20.5 Å². The Morgan fingerprint density at radius 1 is 1.35 bits per heavy atom. The molecule has 0 aliphatic rings. The van der Waals surface area contributed by atoms with Crippen molar-refractivity contribution in [1.29, 1.82) is 0 Å². The fourth-order valence-electron chi connectivity index (χ4n) is 1.69. The van der Waals surface area contributed by atoms with Crippen molar-refractivity contribution in [2.24, 2.45) is 0 Å². The molecule has 0 bridgehead atoms. The zero-order valence-electron chi connectivity index (χ0n) is 8.83. The predicted molar refractivity (Wildman–Crippen MR) is 76.9 cm³/mol. The van der Waals surface area contributed by atoms with E-state index in [1.54, 1.807) is 0 Å². The van der Waals surface area contributed by atoms with Crippen molar-refractivity contribution in [2.75, 3.05) is 0 Å². The zero-order valence-corrected chi connectivity index (χ0v) is 12.8. The SMILES string of the molecule is Cc1sc(Br)c(C(=O)O)c1-c1cccc(Br)c1. The second-order valence-corrected chi connectivity index (χ2v) is 6.96. The van der Waals surface area contributed by atoms with Crippen LogP contribution in [-0.4, -0.2) is 11.1 Å². The first kappa shape index (κ1) is 12.8. The molecule has 0 aliphatic carbocycles. The molecule has 0 spiro atoms. The highest BCUT2D eigenvalue weighted by Crippen LogP contribution is 2.39. The maximum atomic E-state index is 11.3. The average molecular weight is 376 g/mol. The summed E-state index contributed by atoms with van der Waals surface area (Å²) in [6, 6.07) is 7.66. The summed E-state index contributed by atoms with van der Waals surface area (Å²) in [5, 5.41) is 9.26. The number of aromatic carboxylic acids is 1. The van der Waals surface area contributed by atoms with Crippen molar-refractivity contribution >= 4 is 49.2 Å². The Kier molecular flexibility index (Phi) is 3.70. The average Bonchev–Trinajstić information content (AvgIpc) is 2.53. The smallest absolute Gasteiger partial charge is 0.338 e. The van der Waals surface area contributed by atoms with Crippen LogP contribution < -0.4 is 0 Å². The molecule has 1 aromatic heterocycles. The van der Waals surface area contributed by atoms with Gasteiger partial charge in [0.1, 0.15) is 0 Å². The number of thiophene rings is 1. The highest BCUT2D eigenvalue weighted by Gasteiger charge is 2.21. The van der Waals surface area contributed by atoms with Gasteiger partial charge in [-0.2, -0.15) is 0 Å². The third-order valence-electron chi connectivity index (χ3n) is 2.37. The molecule has 1 N–H and O–H groups in total. The van der Waals surface area contributed by atoms with Crippen LogP contribution in [0, 0.1) is 6.92 Å². The number of carboxylic acid groups (broad SMARTS) is 1. The number of benzene rings is 1. The molecule has 2 rings (SSSR count). The van der Waals surface area contributed by atoms with Crippen molar-refractivity contribution in [1.82, 2.24) is 0 Å². The second kappa shape index (κ2) is 4.92. The first-order valence-corrected chi connectivity index (χ1v) is 7.19. The number of halogens is 2. The molecule has 0 saturated carbocycles. The molecular formula is C12H8Br2O2S. The molecule has 2 aromatic rings. The van der Waals surface area contributed by atoms with Gasteiger partial charge in [0.25, 0.3) is 0 Å². The van der Waals surface area contributed by atoms with E-state index in [1.807, 2.05) is 31.2 Å². The van der Waals surface area contributed by atoms with Crippen LogP contribution in [-0.2, 0) is 0 Å². The summed E-state index contributed by atoms with van der Waals surface area (Å²) in [5.74, 6) is -0.906. The molecule has 5 heteroatoms. The Morgan fingerprint density at radius 3 is 2.65 bits per heavy atom. The van der Waals surface area contributed by atoms with Gasteiger partial charge in [-0.1, -0.05) is 28.1 Å². The molecule has 0 aliphatic heterocycles. The normalized spacial score (nSPS) is 10.5. The van der Waals surface area contributed by atoms with Gasteiger partial charge in [-0.25, -0.2) is 4.79 Å². The van der Waals surface area contributed by atoms with Gasteiger partial charge in [-0.3, -0.25) is 0 Å². The van der Waals surface area contributed by atoms with Crippen LogP contribution in [0.4, 0.5) is 0 Å². The van der Waals surface area contributed by atoms with E-state index in [9.17, 15) is 9.90 Å². The van der Waals surface area contributed by atoms with Gasteiger partial charge < -0.3 is 5.11 Å². The lowest BCUT2D eigenvalue weighted by atomic mass is 10.0. The second-order valence-electron chi connectivity index (χ2n) is 3.50. The van der Waals surface area contributed by atoms with E-state index in [0.29, 0.717) is 9.35 Å². The molecule has 0 atom stereocenters. The minimum atomic E-state index is -0.906. The van der Waals surface area contributed by atoms with Crippen molar-refractivity contribution < 1.29 is 9.90 Å². The zero-order chi connectivity index (χ0) is 12.6. The molecule has 0 radical (unpaired) electrons. The Hall–Kier alpha value is -0.650. The number of hydrogen-bond acceptors (Lipinski definition) is 2. The summed E-state index contributed by atoms with van der Waals surface area (Å²) >= 11 is 8.15. The lowest BCUT2D eigenvalue weighted by Gasteiger charge is -2.04. The predicted octanol–water partition coefficient (Wildman–Crippen LogP) is 4.95. The maximum Gasteiger partial charge on any atom is 0.338 e. The van der Waals surface area contributed by atoms with E-state index in [-0.39, 0.29) is 0 Å². The van der Waals surface area contributed by atoms with Crippen molar-refractivity contribution in [2.45, 2.75) is 6.92 Å². The van der Waals surface area contributed by atoms with E-state index in [1.165, 1.54) is 11.3 Å². The minimum Gasteiger partial charge on any atom is -0.478 e. The first-order chi connectivity index (χ1) is 8.00. The van der Waals surface area contributed by atoms with Crippen LogP contribution in [0.15, 0.2) is 32.5 Å². The summed E-state index contributed by atoms with van der Waals surface area (Å²) in [7, 11) is 0. The Bertz CT molecular complexity index is 590. The third-order valence-corrected chi connectivity index (χ3v) is 4.64. The molecule has 17 heavy (non-hydrogen) atoms. The van der Waals surface area contributed by atoms with Crippen LogP contribution >= 0.6 is 43.2 Å². The van der Waals surface area contributed by atoms with Gasteiger partial charge in [0.05, 0.1) is 9.35 Å². The van der Waals surface area contributed by atoms with Crippen LogP contribution in [0.3, 0.4) is 0 Å². The Balaban J connectivity index is 2.70. The standard InChI is InChI=1S/C12H8Br2O2S/c1-6-9(7-3-2-4-8(13)5-7)10(12(15)16)11(14)17-6/h2-5H,1H3,(H,15,16). The van der Waals surface area contributed by atoms with Gasteiger partial charge in [-0.05, 0) is 40.5 Å². The number of carbonyl (C=O) groups is 1. The largest absolute Gasteiger partial charge is 0.478 e. The summed E-state index contributed by atoms with van der Waals surface area (Å²) < 4.78 is 1.60. The van der Waals surface area contributed by atoms with Gasteiger partial charge in [0, 0.05) is 14.9 Å². The number of aryl methyl sites for hydroxylation is 1. The lowest BCUT2D eigenvalue weighted by molar-refractivity contribution is 0.0697. The molecule has 2 nitrogen and oxygen atoms in total. The van der Waals surface area contributed by atoms with Gasteiger partial charge in [0.2, 0.25) is 0 Å². The van der Waals surface area contributed by atoms with Gasteiger partial charge in [-0.15, -0.1) is 11.3 Å². The number of carboxylic acids is 1. The van der Waals surface area contributed by atoms with Crippen LogP contribution in [0.1, 0.15) is 15.2 Å². The molecule has 0 unspecified atom stereocenters. The maximum absolute atomic E-state index is 11.3. The first-order valence-electron chi connectivity index (χ1n) is 4.79. The molecule has 0 amide bonds. The lowest BCUT2D eigenvalue weighted by Crippen LogP contribution is -1.97. The van der Waals surface area contributed by atoms with Crippen LogP contribution in [0.25, 0.3) is 11.1 Å². The van der Waals surface area contributed by atoms with Crippen molar-refractivity contribution in [3.05, 3.63) is 43.0 Å². The highest BCUT2D eigenvalue weighted by molar-refractivity contribution is 9.11. The molecule has 88 valence electrons. The van der Waals surface area contributed by atoms with Gasteiger partial charge in [0.15, 0.2) is 0 Å². The Morgan fingerprint density at radius 2 is 2.06 bits per heavy atom. The summed E-state index contributed by atoms with van der Waals surface area (Å²) in [4.78, 5) is 12.3. The van der Waals surface area contributed by atoms with Crippen LogP contribution in [0.5, 0.6) is 0 Å². The Labute approximate surface area is 120 Å². The van der Waals surface area contributed by atoms with Crippen LogP contribution in [0.2, 0.25) is 0 Å². The fourth-order valence-corrected chi connectivity index (χ4v) is 4.07. The molecular weight excluding hydrogens is 368 g/mol. The number of rotatable bonds is 2. The highest BCUT2D eigenvalue weighted by atomic mass is 79.9. The monoisotopic (exact) mass is 374 g/mol. The quantitative estimate of drug-likeness (QED) is 0.806. The number of hydrogen-bond donors (Lipinski definition) is 1. The molecule has 1 heterocycles. The van der Waals surface area contributed by atoms with E-state index < -0.39 is 5.97 Å². The van der Waals surface area contributed by atoms with Gasteiger partial charge >= 0.3 is 5.97 Å². The van der Waals surface area contributed by atoms with E-state index in [4.69, 9.17) is 0 Å². The molecule has 0 fully saturated rings. The minimum absolute atomic E-state index is 0.339. The molecule has 0 saturated heterocycles. The summed E-state index contributed by atoms with van der Waals surface area (Å²) in [6.07, 6.45) is 0. The van der Waals surface area contributed by atoms with Crippen molar-refractivity contribution in [3.8, 4) is 11.1 Å².